The fourth-order valence-corrected chi connectivity index (χ4v) is 5.60. The summed E-state index contributed by atoms with van der Waals surface area (Å²) in [6.45, 7) is 4.40. The lowest BCUT2D eigenvalue weighted by atomic mass is 9.98. The molecule has 11 nitrogen and oxygen atoms in total. The predicted molar refractivity (Wildman–Crippen MR) is 159 cm³/mol. The van der Waals surface area contributed by atoms with Gasteiger partial charge in [-0.25, -0.2) is 14.8 Å². The van der Waals surface area contributed by atoms with Gasteiger partial charge in [0.1, 0.15) is 18.0 Å². The highest BCUT2D eigenvalue weighted by molar-refractivity contribution is 5.93. The van der Waals surface area contributed by atoms with Gasteiger partial charge in [-0.1, -0.05) is 60.7 Å². The molecule has 0 spiro atoms. The molecule has 2 atom stereocenters. The monoisotopic (exact) mass is 582 g/mol. The van der Waals surface area contributed by atoms with Crippen LogP contribution < -0.4 is 11.1 Å². The van der Waals surface area contributed by atoms with Crippen molar-refractivity contribution >= 4 is 23.8 Å². The number of hydrogen-bond acceptors (Lipinski definition) is 6. The second-order valence-electron chi connectivity index (χ2n) is 10.6. The highest BCUT2D eigenvalue weighted by atomic mass is 16.3. The van der Waals surface area contributed by atoms with Gasteiger partial charge in [0, 0.05) is 31.6 Å². The number of phenolic OH excluding ortho intramolecular Hbond substituents is 1. The van der Waals surface area contributed by atoms with Crippen LogP contribution in [0.1, 0.15) is 27.0 Å². The lowest BCUT2D eigenvalue weighted by Crippen LogP contribution is -2.76. The summed E-state index contributed by atoms with van der Waals surface area (Å²) in [4.78, 5) is 56.5. The Bertz CT molecular complexity index is 1510. The zero-order chi connectivity index (χ0) is 30.5. The van der Waals surface area contributed by atoms with Crippen LogP contribution in [0.4, 0.5) is 4.79 Å². The van der Waals surface area contributed by atoms with Crippen molar-refractivity contribution in [2.75, 3.05) is 19.6 Å². The van der Waals surface area contributed by atoms with E-state index in [1.807, 2.05) is 30.3 Å². The van der Waals surface area contributed by atoms with E-state index in [9.17, 15) is 24.3 Å². The van der Waals surface area contributed by atoms with Crippen LogP contribution in [0, 0.1) is 0 Å². The van der Waals surface area contributed by atoms with Crippen molar-refractivity contribution in [3.8, 4) is 5.75 Å². The van der Waals surface area contributed by atoms with E-state index < -0.39 is 24.1 Å². The van der Waals surface area contributed by atoms with E-state index in [1.165, 1.54) is 22.0 Å². The van der Waals surface area contributed by atoms with Gasteiger partial charge in [-0.2, -0.15) is 0 Å². The molecular weight excluding hydrogens is 548 g/mol. The van der Waals surface area contributed by atoms with Crippen molar-refractivity contribution < 1.29 is 24.3 Å². The first kappa shape index (κ1) is 29.3. The molecule has 11 heteroatoms. The van der Waals surface area contributed by atoms with Crippen molar-refractivity contribution in [2.24, 2.45) is 5.73 Å². The van der Waals surface area contributed by atoms with Crippen LogP contribution in [-0.4, -0.2) is 80.5 Å². The minimum atomic E-state index is -0.912. The van der Waals surface area contributed by atoms with E-state index in [0.717, 1.165) is 11.1 Å². The summed E-state index contributed by atoms with van der Waals surface area (Å²) in [5.41, 5.74) is 8.14. The smallest absolute Gasteiger partial charge is 0.334 e. The average molecular weight is 583 g/mol. The molecule has 2 heterocycles. The van der Waals surface area contributed by atoms with E-state index >= 15 is 0 Å². The molecule has 0 saturated carbocycles. The van der Waals surface area contributed by atoms with Crippen molar-refractivity contribution in [3.63, 3.8) is 0 Å². The van der Waals surface area contributed by atoms with Crippen LogP contribution in [-0.2, 0) is 29.1 Å². The normalized spacial score (nSPS) is 18.7. The number of hydrogen-bond donors (Lipinski definition) is 3. The van der Waals surface area contributed by atoms with Gasteiger partial charge in [-0.15, -0.1) is 6.58 Å². The van der Waals surface area contributed by atoms with Crippen LogP contribution in [0.25, 0.3) is 0 Å². The third-order valence-electron chi connectivity index (χ3n) is 7.61. The Labute approximate surface area is 249 Å². The van der Waals surface area contributed by atoms with E-state index in [1.54, 1.807) is 52.4 Å². The predicted octanol–water partition coefficient (Wildman–Crippen LogP) is 2.23. The molecule has 0 radical (unpaired) electrons. The Hall–Kier alpha value is -5.16. The zero-order valence-corrected chi connectivity index (χ0v) is 23.6. The van der Waals surface area contributed by atoms with Gasteiger partial charge < -0.3 is 26.0 Å². The molecule has 43 heavy (non-hydrogen) atoms. The third kappa shape index (κ3) is 6.52. The number of carbonyl (C=O) groups excluding carboxylic acids is 4. The number of rotatable bonds is 9. The molecule has 3 aromatic rings. The fourth-order valence-electron chi connectivity index (χ4n) is 5.60. The molecule has 222 valence electrons. The Morgan fingerprint density at radius 3 is 2.40 bits per heavy atom. The van der Waals surface area contributed by atoms with Crippen LogP contribution in [0.2, 0.25) is 0 Å². The minimum absolute atomic E-state index is 0.0455. The number of aromatic hydroxyl groups is 1. The van der Waals surface area contributed by atoms with Crippen LogP contribution in [0.5, 0.6) is 5.75 Å². The van der Waals surface area contributed by atoms with Gasteiger partial charge in [0.05, 0.1) is 13.1 Å². The van der Waals surface area contributed by atoms with Crippen molar-refractivity contribution in [1.29, 1.82) is 0 Å². The Balaban J connectivity index is 1.50. The summed E-state index contributed by atoms with van der Waals surface area (Å²) < 4.78 is 0. The van der Waals surface area contributed by atoms with Crippen LogP contribution in [0.15, 0.2) is 91.5 Å². The number of piperazine rings is 1. The molecule has 0 aromatic heterocycles. The maximum absolute atomic E-state index is 14.1. The highest BCUT2D eigenvalue weighted by Gasteiger charge is 2.51. The first-order valence-corrected chi connectivity index (χ1v) is 14.0. The van der Waals surface area contributed by atoms with Crippen LogP contribution >= 0.6 is 0 Å². The number of nitrogens with zero attached hydrogens (tertiary/aromatic N) is 4. The second kappa shape index (κ2) is 12.8. The van der Waals surface area contributed by atoms with Gasteiger partial charge in [-0.3, -0.25) is 14.4 Å². The van der Waals surface area contributed by atoms with Gasteiger partial charge >= 0.3 is 6.03 Å². The van der Waals surface area contributed by atoms with Gasteiger partial charge in [0.2, 0.25) is 17.7 Å². The van der Waals surface area contributed by atoms with E-state index in [2.05, 4.69) is 11.9 Å². The summed E-state index contributed by atoms with van der Waals surface area (Å²) in [6, 6.07) is 21.3. The Kier molecular flexibility index (Phi) is 8.72. The number of nitrogens with one attached hydrogen (secondary N) is 1. The quantitative estimate of drug-likeness (QED) is 0.331. The molecule has 2 fully saturated rings. The van der Waals surface area contributed by atoms with E-state index in [4.69, 9.17) is 5.73 Å². The number of primary amides is 1. The third-order valence-corrected chi connectivity index (χ3v) is 7.61. The molecule has 2 saturated heterocycles. The van der Waals surface area contributed by atoms with Crippen molar-refractivity contribution in [2.45, 2.75) is 31.7 Å². The summed E-state index contributed by atoms with van der Waals surface area (Å²) in [5.74, 6) is -1.07. The van der Waals surface area contributed by atoms with Crippen LogP contribution in [0.3, 0.4) is 0 Å². The van der Waals surface area contributed by atoms with E-state index in [0.29, 0.717) is 11.1 Å². The van der Waals surface area contributed by atoms with Crippen molar-refractivity contribution in [3.05, 3.63) is 114 Å². The summed E-state index contributed by atoms with van der Waals surface area (Å²) >= 11 is 0. The largest absolute Gasteiger partial charge is 0.508 e. The number of nitrogens with two attached hydrogens (primary N) is 1. The van der Waals surface area contributed by atoms with Crippen molar-refractivity contribution in [1.82, 2.24) is 25.1 Å². The average Bonchev–Trinajstić information content (AvgIpc) is 3.00. The lowest BCUT2D eigenvalue weighted by Gasteiger charge is -2.55. The summed E-state index contributed by atoms with van der Waals surface area (Å²) in [7, 11) is 0. The molecule has 2 aliphatic rings. The number of benzene rings is 3. The number of carbonyl (C=O) groups is 4. The molecule has 4 N–H and O–H groups in total. The lowest BCUT2D eigenvalue weighted by molar-refractivity contribution is -0.189. The molecule has 0 aliphatic carbocycles. The number of fused-ring (bicyclic) bond motifs is 1. The van der Waals surface area contributed by atoms with E-state index in [-0.39, 0.29) is 56.7 Å². The number of amides is 5. The second-order valence-corrected chi connectivity index (χ2v) is 10.6. The highest BCUT2D eigenvalue weighted by Crippen LogP contribution is 2.29. The molecule has 2 aliphatic heterocycles. The fraction of sp³-hybridized carbons (Fsp3) is 0.250. The minimum Gasteiger partial charge on any atom is -0.508 e. The SMILES string of the molecule is C=CCN1CC(=O)N2[C@@H](Cc3ccc(O)cc3)C(=O)N(Cc3cccc(C(N)=O)c3)C[C@@H]2N1C(=O)NCc1ccccc1. The first-order valence-electron chi connectivity index (χ1n) is 14.0. The topological polar surface area (TPSA) is 140 Å². The molecule has 3 aromatic carbocycles. The molecule has 0 unspecified atom stereocenters. The van der Waals surface area contributed by atoms with Gasteiger partial charge in [0.15, 0.2) is 0 Å². The molecule has 5 amide bonds. The number of hydrazine groups is 1. The standard InChI is InChI=1S/C32H34N6O5/c1-2-15-36-21-29(40)37-27(17-22-11-13-26(39)14-12-22)31(42)35(19-24-9-6-10-25(16-24)30(33)41)20-28(37)38(36)32(43)34-18-23-7-4-3-5-8-23/h2-14,16,27-28,39H,1,15,17-21H2,(H2,33,41)(H,34,43)/t27-,28-/m0/s1. The van der Waals surface area contributed by atoms with Gasteiger partial charge in [-0.05, 0) is 41.0 Å². The van der Waals surface area contributed by atoms with Gasteiger partial charge in [0.25, 0.3) is 0 Å². The molecule has 5 rings (SSSR count). The molecule has 0 bridgehead atoms. The zero-order valence-electron chi connectivity index (χ0n) is 23.6. The first-order chi connectivity index (χ1) is 20.7. The summed E-state index contributed by atoms with van der Waals surface area (Å²) in [5, 5.41) is 15.9. The Morgan fingerprint density at radius 2 is 1.70 bits per heavy atom. The molecular formula is C32H34N6O5. The number of urea groups is 1. The maximum atomic E-state index is 14.1. The maximum Gasteiger partial charge on any atom is 0.334 e. The Morgan fingerprint density at radius 1 is 0.977 bits per heavy atom. The summed E-state index contributed by atoms with van der Waals surface area (Å²) in [6.07, 6.45) is 0.992. The number of phenols is 1.